The molecule has 0 saturated carbocycles. The third-order valence-corrected chi connectivity index (χ3v) is 3.00. The van der Waals surface area contributed by atoms with Gasteiger partial charge in [0.15, 0.2) is 5.78 Å². The van der Waals surface area contributed by atoms with Gasteiger partial charge in [-0.25, -0.2) is 0 Å². The molecule has 0 bridgehead atoms. The Labute approximate surface area is 118 Å². The van der Waals surface area contributed by atoms with Gasteiger partial charge in [-0.05, 0) is 6.07 Å². The van der Waals surface area contributed by atoms with E-state index in [1.54, 1.807) is 30.3 Å². The summed E-state index contributed by atoms with van der Waals surface area (Å²) in [6.07, 6.45) is -3.96. The number of nitrogens with zero attached hydrogens (tertiary/aromatic N) is 1. The zero-order valence-electron chi connectivity index (χ0n) is 10.1. The molecule has 6 heteroatoms. The van der Waals surface area contributed by atoms with Crippen molar-refractivity contribution in [2.24, 2.45) is 0 Å². The molecule has 0 fully saturated rings. The van der Waals surface area contributed by atoms with Crippen LogP contribution in [0.1, 0.15) is 21.6 Å². The Morgan fingerprint density at radius 3 is 2.40 bits per heavy atom. The van der Waals surface area contributed by atoms with Crippen LogP contribution in [0, 0.1) is 0 Å². The van der Waals surface area contributed by atoms with Crippen LogP contribution in [0.5, 0.6) is 0 Å². The molecule has 1 heterocycles. The molecule has 0 radical (unpaired) electrons. The van der Waals surface area contributed by atoms with E-state index in [4.69, 9.17) is 11.6 Å². The van der Waals surface area contributed by atoms with Gasteiger partial charge < -0.3 is 0 Å². The topological polar surface area (TPSA) is 30.0 Å². The average molecular weight is 300 g/mol. The number of benzene rings is 1. The van der Waals surface area contributed by atoms with Crippen LogP contribution in [0.4, 0.5) is 13.2 Å². The van der Waals surface area contributed by atoms with Crippen LogP contribution >= 0.6 is 11.6 Å². The zero-order chi connectivity index (χ0) is 14.8. The van der Waals surface area contributed by atoms with Crippen molar-refractivity contribution in [1.82, 2.24) is 4.98 Å². The molecule has 0 aliphatic carbocycles. The second-order valence-electron chi connectivity index (χ2n) is 4.12. The van der Waals surface area contributed by atoms with Crippen molar-refractivity contribution in [3.8, 4) is 0 Å². The molecule has 2 nitrogen and oxygen atoms in total. The van der Waals surface area contributed by atoms with Gasteiger partial charge in [0.25, 0.3) is 0 Å². The van der Waals surface area contributed by atoms with Crippen molar-refractivity contribution < 1.29 is 18.0 Å². The molecule has 104 valence electrons. The smallest absolute Gasteiger partial charge is 0.294 e. The molecule has 0 unspecified atom stereocenters. The summed E-state index contributed by atoms with van der Waals surface area (Å²) >= 11 is 5.75. The second-order valence-corrected chi connectivity index (χ2v) is 4.52. The number of pyridine rings is 1. The van der Waals surface area contributed by atoms with Crippen LogP contribution in [0.2, 0.25) is 5.02 Å². The quantitative estimate of drug-likeness (QED) is 0.796. The largest absolute Gasteiger partial charge is 0.417 e. The Balaban J connectivity index is 2.21. The number of aromatic nitrogens is 1. The van der Waals surface area contributed by atoms with Crippen LogP contribution in [-0.2, 0) is 12.6 Å². The minimum Gasteiger partial charge on any atom is -0.294 e. The first-order valence-electron chi connectivity index (χ1n) is 5.68. The molecule has 0 spiro atoms. The van der Waals surface area contributed by atoms with Crippen LogP contribution in [0.3, 0.4) is 0 Å². The van der Waals surface area contributed by atoms with Crippen LogP contribution in [-0.4, -0.2) is 10.8 Å². The maximum Gasteiger partial charge on any atom is 0.417 e. The highest BCUT2D eigenvalue weighted by atomic mass is 35.5. The normalized spacial score (nSPS) is 11.4. The summed E-state index contributed by atoms with van der Waals surface area (Å²) in [4.78, 5) is 15.6. The Bertz CT molecular complexity index is 626. The fourth-order valence-electron chi connectivity index (χ4n) is 1.63. The lowest BCUT2D eigenvalue weighted by Gasteiger charge is -2.08. The predicted molar refractivity (Wildman–Crippen MR) is 68.7 cm³/mol. The zero-order valence-corrected chi connectivity index (χ0v) is 10.9. The standard InChI is InChI=1S/C14H9ClF3NO/c15-11-6-10(14(16,17)18)8-19-12(11)7-13(20)9-4-2-1-3-5-9/h1-6,8H,7H2. The SMILES string of the molecule is O=C(Cc1ncc(C(F)(F)F)cc1Cl)c1ccccc1. The average Bonchev–Trinajstić information content (AvgIpc) is 2.41. The Morgan fingerprint density at radius 1 is 1.20 bits per heavy atom. The Hall–Kier alpha value is -1.88. The highest BCUT2D eigenvalue weighted by Crippen LogP contribution is 2.31. The summed E-state index contributed by atoms with van der Waals surface area (Å²) in [5.41, 5.74) is -0.336. The lowest BCUT2D eigenvalue weighted by molar-refractivity contribution is -0.137. The van der Waals surface area contributed by atoms with E-state index in [9.17, 15) is 18.0 Å². The molecule has 0 aliphatic heterocycles. The van der Waals surface area contributed by atoms with E-state index >= 15 is 0 Å². The van der Waals surface area contributed by atoms with Gasteiger partial charge >= 0.3 is 6.18 Å². The third-order valence-electron chi connectivity index (χ3n) is 2.67. The van der Waals surface area contributed by atoms with E-state index in [0.717, 1.165) is 6.07 Å². The van der Waals surface area contributed by atoms with Crippen molar-refractivity contribution in [2.75, 3.05) is 0 Å². The summed E-state index contributed by atoms with van der Waals surface area (Å²) in [5.74, 6) is -0.250. The van der Waals surface area contributed by atoms with Gasteiger partial charge in [0.05, 0.1) is 22.7 Å². The minimum absolute atomic E-state index is 0.133. The summed E-state index contributed by atoms with van der Waals surface area (Å²) in [5, 5.41) is -0.163. The van der Waals surface area contributed by atoms with Crippen molar-refractivity contribution in [2.45, 2.75) is 12.6 Å². The molecule has 0 amide bonds. The summed E-state index contributed by atoms with van der Waals surface area (Å²) < 4.78 is 37.4. The fourth-order valence-corrected chi connectivity index (χ4v) is 1.86. The van der Waals surface area contributed by atoms with E-state index < -0.39 is 11.7 Å². The Morgan fingerprint density at radius 2 is 1.85 bits per heavy atom. The number of carbonyl (C=O) groups is 1. The number of rotatable bonds is 3. The van der Waals surface area contributed by atoms with E-state index in [0.29, 0.717) is 11.8 Å². The molecule has 1 aromatic carbocycles. The molecule has 20 heavy (non-hydrogen) atoms. The van der Waals surface area contributed by atoms with Gasteiger partial charge in [0, 0.05) is 11.8 Å². The Kier molecular flexibility index (Phi) is 4.09. The monoisotopic (exact) mass is 299 g/mol. The number of halogens is 4. The molecule has 2 rings (SSSR count). The summed E-state index contributed by atoms with van der Waals surface area (Å²) in [6, 6.07) is 9.20. The predicted octanol–water partition coefficient (Wildman–Crippen LogP) is 4.18. The number of ketones is 1. The first kappa shape index (κ1) is 14.5. The maximum atomic E-state index is 12.5. The van der Waals surface area contributed by atoms with E-state index in [2.05, 4.69) is 4.98 Å². The number of hydrogen-bond acceptors (Lipinski definition) is 2. The van der Waals surface area contributed by atoms with Crippen LogP contribution < -0.4 is 0 Å². The van der Waals surface area contributed by atoms with E-state index in [-0.39, 0.29) is 22.9 Å². The van der Waals surface area contributed by atoms with Gasteiger partial charge in [0.2, 0.25) is 0 Å². The number of alkyl halides is 3. The third kappa shape index (κ3) is 3.36. The molecule has 1 aromatic heterocycles. The highest BCUT2D eigenvalue weighted by molar-refractivity contribution is 6.31. The van der Waals surface area contributed by atoms with Gasteiger partial charge in [-0.2, -0.15) is 13.2 Å². The highest BCUT2D eigenvalue weighted by Gasteiger charge is 2.31. The van der Waals surface area contributed by atoms with Crippen LogP contribution in [0.15, 0.2) is 42.6 Å². The van der Waals surface area contributed by atoms with Crippen molar-refractivity contribution in [3.05, 3.63) is 64.4 Å². The molecule has 0 N–H and O–H groups in total. The summed E-state index contributed by atoms with van der Waals surface area (Å²) in [6.45, 7) is 0. The molecule has 0 aliphatic rings. The van der Waals surface area contributed by atoms with Gasteiger partial charge in [-0.15, -0.1) is 0 Å². The molecule has 0 saturated heterocycles. The molecule has 0 atom stereocenters. The summed E-state index contributed by atoms with van der Waals surface area (Å²) in [7, 11) is 0. The number of Topliss-reactive ketones (excluding diaryl/α,β-unsaturated/α-hetero) is 1. The molecular formula is C14H9ClF3NO. The van der Waals surface area contributed by atoms with Crippen molar-refractivity contribution in [3.63, 3.8) is 0 Å². The first-order chi connectivity index (χ1) is 9.38. The second kappa shape index (κ2) is 5.63. The first-order valence-corrected chi connectivity index (χ1v) is 6.05. The van der Waals surface area contributed by atoms with E-state index in [1.165, 1.54) is 0 Å². The van der Waals surface area contributed by atoms with Gasteiger partial charge in [0.1, 0.15) is 0 Å². The number of carbonyl (C=O) groups excluding carboxylic acids is 1. The van der Waals surface area contributed by atoms with E-state index in [1.807, 2.05) is 0 Å². The van der Waals surface area contributed by atoms with Gasteiger partial charge in [-0.3, -0.25) is 9.78 Å². The lowest BCUT2D eigenvalue weighted by Crippen LogP contribution is -2.09. The van der Waals surface area contributed by atoms with Gasteiger partial charge in [-0.1, -0.05) is 41.9 Å². The van der Waals surface area contributed by atoms with Crippen LogP contribution in [0.25, 0.3) is 0 Å². The van der Waals surface area contributed by atoms with Crippen molar-refractivity contribution in [1.29, 1.82) is 0 Å². The fraction of sp³-hybridized carbons (Fsp3) is 0.143. The lowest BCUT2D eigenvalue weighted by atomic mass is 10.1. The maximum absolute atomic E-state index is 12.5. The molecular weight excluding hydrogens is 291 g/mol. The number of hydrogen-bond donors (Lipinski definition) is 0. The molecule has 2 aromatic rings. The minimum atomic E-state index is -4.50. The van der Waals surface area contributed by atoms with Crippen molar-refractivity contribution >= 4 is 17.4 Å².